The van der Waals surface area contributed by atoms with Crippen molar-refractivity contribution in [2.75, 3.05) is 14.2 Å². The van der Waals surface area contributed by atoms with Gasteiger partial charge in [0.15, 0.2) is 11.5 Å². The Hall–Kier alpha value is -4.80. The maximum absolute atomic E-state index is 5.37. The van der Waals surface area contributed by atoms with E-state index < -0.39 is 0 Å². The van der Waals surface area contributed by atoms with Crippen LogP contribution in [0.5, 0.6) is 11.5 Å². The fraction of sp³-hybridized carbons (Fsp3) is 0.0667. The third kappa shape index (κ3) is 4.39. The van der Waals surface area contributed by atoms with E-state index in [-0.39, 0.29) is 0 Å². The van der Waals surface area contributed by atoms with Gasteiger partial charge in [0.1, 0.15) is 11.4 Å². The van der Waals surface area contributed by atoms with Crippen molar-refractivity contribution in [3.8, 4) is 35.2 Å². The lowest BCUT2D eigenvalue weighted by Gasteiger charge is -2.06. The standard InChI is InChI=1S/C30H20N2O2/c1-33-27-19-10-22(20-28(27)34-2)9-16-26-18-14-24-12-11-23-13-17-25(31-29(23)30(24)32-26)15-8-21-6-4-3-5-7-21/h3-7,10-14,17-20H,1-2H3. The molecule has 0 aliphatic heterocycles. The molecular formula is C30H20N2O2. The van der Waals surface area contributed by atoms with E-state index in [0.717, 1.165) is 32.9 Å². The summed E-state index contributed by atoms with van der Waals surface area (Å²) in [5, 5.41) is 2.01. The highest BCUT2D eigenvalue weighted by atomic mass is 16.5. The van der Waals surface area contributed by atoms with Crippen molar-refractivity contribution in [2.24, 2.45) is 0 Å². The van der Waals surface area contributed by atoms with E-state index in [1.165, 1.54) is 0 Å². The SMILES string of the molecule is COc1ccc(C#Cc2ccc3ccc4ccc(C#Cc5ccccc5)nc4c3n2)cc1OC. The molecule has 34 heavy (non-hydrogen) atoms. The summed E-state index contributed by atoms with van der Waals surface area (Å²) < 4.78 is 10.7. The molecule has 0 radical (unpaired) electrons. The highest BCUT2D eigenvalue weighted by molar-refractivity contribution is 6.03. The molecule has 0 saturated carbocycles. The minimum Gasteiger partial charge on any atom is -0.493 e. The van der Waals surface area contributed by atoms with Crippen molar-refractivity contribution < 1.29 is 9.47 Å². The van der Waals surface area contributed by atoms with Crippen molar-refractivity contribution >= 4 is 21.8 Å². The largest absolute Gasteiger partial charge is 0.493 e. The molecule has 0 unspecified atom stereocenters. The molecule has 0 saturated heterocycles. The second-order valence-electron chi connectivity index (χ2n) is 7.54. The Bertz CT molecular complexity index is 1640. The van der Waals surface area contributed by atoms with Crippen LogP contribution in [-0.2, 0) is 0 Å². The van der Waals surface area contributed by atoms with Gasteiger partial charge in [-0.05, 0) is 66.4 Å². The predicted molar refractivity (Wildman–Crippen MR) is 135 cm³/mol. The summed E-state index contributed by atoms with van der Waals surface area (Å²) in [6.45, 7) is 0. The van der Waals surface area contributed by atoms with E-state index in [4.69, 9.17) is 19.4 Å². The Labute approximate surface area is 198 Å². The quantitative estimate of drug-likeness (QED) is 0.265. The van der Waals surface area contributed by atoms with Crippen molar-refractivity contribution in [3.63, 3.8) is 0 Å². The van der Waals surface area contributed by atoms with Gasteiger partial charge in [-0.2, -0.15) is 0 Å². The van der Waals surface area contributed by atoms with Crippen LogP contribution >= 0.6 is 0 Å². The molecule has 5 aromatic rings. The van der Waals surface area contributed by atoms with Crippen molar-refractivity contribution in [1.29, 1.82) is 0 Å². The number of ether oxygens (including phenoxy) is 2. The molecule has 0 amide bonds. The molecule has 162 valence electrons. The van der Waals surface area contributed by atoms with Gasteiger partial charge >= 0.3 is 0 Å². The maximum Gasteiger partial charge on any atom is 0.161 e. The van der Waals surface area contributed by atoms with Crippen LogP contribution in [0.1, 0.15) is 22.5 Å². The Kier molecular flexibility index (Phi) is 5.80. The number of pyridine rings is 2. The molecule has 2 aromatic heterocycles. The maximum atomic E-state index is 5.37. The summed E-state index contributed by atoms with van der Waals surface area (Å²) in [7, 11) is 3.22. The van der Waals surface area contributed by atoms with Gasteiger partial charge in [0.05, 0.1) is 25.3 Å². The number of fused-ring (bicyclic) bond motifs is 3. The van der Waals surface area contributed by atoms with Crippen LogP contribution in [0.25, 0.3) is 21.8 Å². The van der Waals surface area contributed by atoms with Gasteiger partial charge in [0.25, 0.3) is 0 Å². The fourth-order valence-corrected chi connectivity index (χ4v) is 3.61. The average Bonchev–Trinajstić information content (AvgIpc) is 2.90. The third-order valence-electron chi connectivity index (χ3n) is 5.35. The van der Waals surface area contributed by atoms with Gasteiger partial charge in [0, 0.05) is 21.9 Å². The van der Waals surface area contributed by atoms with Gasteiger partial charge < -0.3 is 9.47 Å². The highest BCUT2D eigenvalue weighted by Gasteiger charge is 2.06. The summed E-state index contributed by atoms with van der Waals surface area (Å²) in [5.74, 6) is 13.9. The summed E-state index contributed by atoms with van der Waals surface area (Å²) in [5.41, 5.74) is 4.75. The van der Waals surface area contributed by atoms with Gasteiger partial charge in [-0.15, -0.1) is 0 Å². The first-order valence-electron chi connectivity index (χ1n) is 10.7. The first kappa shape index (κ1) is 21.1. The van der Waals surface area contributed by atoms with Crippen LogP contribution in [-0.4, -0.2) is 24.2 Å². The van der Waals surface area contributed by atoms with Crippen molar-refractivity contribution in [2.45, 2.75) is 0 Å². The normalized spacial score (nSPS) is 10.2. The zero-order valence-corrected chi connectivity index (χ0v) is 18.8. The molecular weight excluding hydrogens is 420 g/mol. The Morgan fingerprint density at radius 3 is 1.68 bits per heavy atom. The minimum absolute atomic E-state index is 0.639. The fourth-order valence-electron chi connectivity index (χ4n) is 3.61. The molecule has 4 heteroatoms. The molecule has 0 fully saturated rings. The number of hydrogen-bond donors (Lipinski definition) is 0. The second kappa shape index (κ2) is 9.36. The van der Waals surface area contributed by atoms with Crippen LogP contribution in [0.3, 0.4) is 0 Å². The summed E-state index contributed by atoms with van der Waals surface area (Å²) in [4.78, 5) is 9.62. The number of benzene rings is 3. The zero-order valence-electron chi connectivity index (χ0n) is 18.8. The Morgan fingerprint density at radius 1 is 0.529 bits per heavy atom. The van der Waals surface area contributed by atoms with Crippen LogP contribution in [0, 0.1) is 23.7 Å². The van der Waals surface area contributed by atoms with Gasteiger partial charge in [-0.25, -0.2) is 9.97 Å². The lowest BCUT2D eigenvalue weighted by atomic mass is 10.1. The molecule has 0 aliphatic rings. The molecule has 0 bridgehead atoms. The number of nitrogens with zero attached hydrogens (tertiary/aromatic N) is 2. The van der Waals surface area contributed by atoms with Gasteiger partial charge in [0.2, 0.25) is 0 Å². The van der Waals surface area contributed by atoms with Crippen LogP contribution in [0.2, 0.25) is 0 Å². The summed E-state index contributed by atoms with van der Waals surface area (Å²) >= 11 is 0. The lowest BCUT2D eigenvalue weighted by molar-refractivity contribution is 0.355. The first-order valence-corrected chi connectivity index (χ1v) is 10.7. The Morgan fingerprint density at radius 2 is 1.09 bits per heavy atom. The number of hydrogen-bond acceptors (Lipinski definition) is 4. The van der Waals surface area contributed by atoms with Crippen molar-refractivity contribution in [3.05, 3.63) is 107 Å². The van der Waals surface area contributed by atoms with Crippen LogP contribution < -0.4 is 9.47 Å². The van der Waals surface area contributed by atoms with E-state index in [2.05, 4.69) is 29.7 Å². The third-order valence-corrected chi connectivity index (χ3v) is 5.35. The minimum atomic E-state index is 0.639. The van der Waals surface area contributed by atoms with Gasteiger partial charge in [-0.1, -0.05) is 42.2 Å². The van der Waals surface area contributed by atoms with Crippen molar-refractivity contribution in [1.82, 2.24) is 9.97 Å². The number of rotatable bonds is 2. The molecule has 2 heterocycles. The molecule has 0 spiro atoms. The smallest absolute Gasteiger partial charge is 0.161 e. The van der Waals surface area contributed by atoms with Crippen LogP contribution in [0.4, 0.5) is 0 Å². The Balaban J connectivity index is 1.54. The molecule has 3 aromatic carbocycles. The molecule has 4 nitrogen and oxygen atoms in total. The lowest BCUT2D eigenvalue weighted by Crippen LogP contribution is -1.92. The molecule has 0 N–H and O–H groups in total. The molecule has 0 aliphatic carbocycles. The molecule has 0 atom stereocenters. The monoisotopic (exact) mass is 440 g/mol. The predicted octanol–water partition coefficient (Wildman–Crippen LogP) is 5.60. The van der Waals surface area contributed by atoms with Gasteiger partial charge in [-0.3, -0.25) is 0 Å². The second-order valence-corrected chi connectivity index (χ2v) is 7.54. The van der Waals surface area contributed by atoms with E-state index in [0.29, 0.717) is 22.9 Å². The number of aromatic nitrogens is 2. The first-order chi connectivity index (χ1) is 16.7. The summed E-state index contributed by atoms with van der Waals surface area (Å²) in [6.07, 6.45) is 0. The topological polar surface area (TPSA) is 44.2 Å². The molecule has 5 rings (SSSR count). The average molecular weight is 441 g/mol. The van der Waals surface area contributed by atoms with E-state index >= 15 is 0 Å². The highest BCUT2D eigenvalue weighted by Crippen LogP contribution is 2.27. The van der Waals surface area contributed by atoms with E-state index in [9.17, 15) is 0 Å². The number of methoxy groups -OCH3 is 2. The summed E-state index contributed by atoms with van der Waals surface area (Å²) in [6, 6.07) is 27.5. The van der Waals surface area contributed by atoms with E-state index in [1.807, 2.05) is 78.9 Å². The van der Waals surface area contributed by atoms with Crippen LogP contribution in [0.15, 0.2) is 84.9 Å². The van der Waals surface area contributed by atoms with E-state index in [1.54, 1.807) is 14.2 Å². The zero-order chi connectivity index (χ0) is 23.3.